The Morgan fingerprint density at radius 2 is 2.04 bits per heavy atom. The highest BCUT2D eigenvalue weighted by Gasteiger charge is 2.26. The minimum Gasteiger partial charge on any atom is -0.487 e. The topological polar surface area (TPSA) is 71.5 Å². The first-order valence-corrected chi connectivity index (χ1v) is 8.84. The van der Waals surface area contributed by atoms with Crippen LogP contribution in [0.2, 0.25) is 5.02 Å². The summed E-state index contributed by atoms with van der Waals surface area (Å²) in [5.74, 6) is 0.393. The number of carbonyl (C=O) groups excluding carboxylic acids is 2. The summed E-state index contributed by atoms with van der Waals surface area (Å²) in [6, 6.07) is 8.62. The van der Waals surface area contributed by atoms with Gasteiger partial charge in [0, 0.05) is 43.2 Å². The molecule has 1 fully saturated rings. The van der Waals surface area contributed by atoms with Gasteiger partial charge in [0.15, 0.2) is 0 Å². The second-order valence-electron chi connectivity index (χ2n) is 6.20. The molecule has 0 radical (unpaired) electrons. The Kier molecular flexibility index (Phi) is 5.73. The van der Waals surface area contributed by atoms with Crippen LogP contribution in [0.3, 0.4) is 0 Å². The maximum atomic E-state index is 12.7. The van der Waals surface area contributed by atoms with Gasteiger partial charge in [0.1, 0.15) is 16.9 Å². The molecule has 1 unspecified atom stereocenters. The van der Waals surface area contributed by atoms with E-state index in [9.17, 15) is 9.59 Å². The van der Waals surface area contributed by atoms with Gasteiger partial charge in [0.25, 0.3) is 5.91 Å². The number of piperidine rings is 1. The third kappa shape index (κ3) is 4.52. The Labute approximate surface area is 157 Å². The van der Waals surface area contributed by atoms with Gasteiger partial charge in [-0.25, -0.2) is 0 Å². The van der Waals surface area contributed by atoms with Crippen LogP contribution in [-0.4, -0.2) is 40.9 Å². The van der Waals surface area contributed by atoms with E-state index in [1.54, 1.807) is 47.6 Å². The smallest absolute Gasteiger partial charge is 0.253 e. The molecule has 7 heteroatoms. The number of benzene rings is 1. The lowest BCUT2D eigenvalue weighted by Crippen LogP contribution is -2.44. The van der Waals surface area contributed by atoms with E-state index in [1.165, 1.54) is 6.92 Å². The lowest BCUT2D eigenvalue weighted by atomic mass is 10.1. The number of aromatic nitrogens is 1. The van der Waals surface area contributed by atoms with Crippen molar-refractivity contribution in [3.8, 4) is 5.75 Å². The molecular weight excluding hydrogens is 354 g/mol. The highest BCUT2D eigenvalue weighted by molar-refractivity contribution is 6.31. The minimum absolute atomic E-state index is 0.0477. The molecule has 0 spiro atoms. The van der Waals surface area contributed by atoms with Crippen LogP contribution < -0.4 is 10.1 Å². The van der Waals surface area contributed by atoms with E-state index < -0.39 is 0 Å². The molecule has 1 aromatic heterocycles. The fraction of sp³-hybridized carbons (Fsp3) is 0.316. The Balaban J connectivity index is 1.64. The first kappa shape index (κ1) is 18.2. The van der Waals surface area contributed by atoms with Crippen molar-refractivity contribution >= 4 is 29.1 Å². The number of halogens is 1. The monoisotopic (exact) mass is 373 g/mol. The number of amides is 2. The van der Waals surface area contributed by atoms with E-state index in [4.69, 9.17) is 16.3 Å². The largest absolute Gasteiger partial charge is 0.487 e. The van der Waals surface area contributed by atoms with Gasteiger partial charge >= 0.3 is 0 Å². The maximum Gasteiger partial charge on any atom is 0.253 e. The summed E-state index contributed by atoms with van der Waals surface area (Å²) < 4.78 is 5.95. The molecule has 2 amide bonds. The summed E-state index contributed by atoms with van der Waals surface area (Å²) in [6.07, 6.45) is 4.79. The number of pyridine rings is 1. The van der Waals surface area contributed by atoms with Gasteiger partial charge in [-0.3, -0.25) is 14.6 Å². The van der Waals surface area contributed by atoms with Crippen LogP contribution in [-0.2, 0) is 4.79 Å². The zero-order valence-corrected chi connectivity index (χ0v) is 15.2. The molecule has 3 rings (SSSR count). The number of rotatable bonds is 4. The molecule has 1 N–H and O–H groups in total. The number of hydrogen-bond donors (Lipinski definition) is 1. The van der Waals surface area contributed by atoms with Crippen molar-refractivity contribution in [1.29, 1.82) is 0 Å². The van der Waals surface area contributed by atoms with Gasteiger partial charge in [-0.2, -0.15) is 0 Å². The van der Waals surface area contributed by atoms with Gasteiger partial charge < -0.3 is 15.0 Å². The minimum atomic E-state index is -0.144. The van der Waals surface area contributed by atoms with Gasteiger partial charge in [-0.05, 0) is 37.1 Å². The number of anilines is 1. The lowest BCUT2D eigenvalue weighted by Gasteiger charge is -2.33. The Morgan fingerprint density at radius 1 is 1.27 bits per heavy atom. The maximum absolute atomic E-state index is 12.7. The summed E-state index contributed by atoms with van der Waals surface area (Å²) in [5.41, 5.74) is 1.25. The molecule has 0 saturated carbocycles. The van der Waals surface area contributed by atoms with Crippen molar-refractivity contribution in [1.82, 2.24) is 9.88 Å². The molecule has 0 aliphatic carbocycles. The first-order chi connectivity index (χ1) is 12.5. The summed E-state index contributed by atoms with van der Waals surface area (Å²) in [6.45, 7) is 2.64. The summed E-state index contributed by atoms with van der Waals surface area (Å²) in [5, 5.41) is 3.15. The number of nitrogens with one attached hydrogen (secondary N) is 1. The zero-order valence-electron chi connectivity index (χ0n) is 14.4. The third-order valence-corrected chi connectivity index (χ3v) is 4.43. The van der Waals surface area contributed by atoms with E-state index in [0.717, 1.165) is 12.8 Å². The van der Waals surface area contributed by atoms with Crippen molar-refractivity contribution in [2.45, 2.75) is 25.9 Å². The van der Waals surface area contributed by atoms with Crippen molar-refractivity contribution in [3.63, 3.8) is 0 Å². The van der Waals surface area contributed by atoms with Crippen LogP contribution in [0.15, 0.2) is 42.7 Å². The third-order valence-electron chi connectivity index (χ3n) is 4.15. The van der Waals surface area contributed by atoms with Crippen molar-refractivity contribution in [2.24, 2.45) is 0 Å². The quantitative estimate of drug-likeness (QED) is 0.891. The lowest BCUT2D eigenvalue weighted by molar-refractivity contribution is -0.114. The summed E-state index contributed by atoms with van der Waals surface area (Å²) in [4.78, 5) is 29.6. The van der Waals surface area contributed by atoms with E-state index in [-0.39, 0.29) is 17.9 Å². The summed E-state index contributed by atoms with van der Waals surface area (Å²) in [7, 11) is 0. The van der Waals surface area contributed by atoms with Crippen LogP contribution in [0.1, 0.15) is 30.1 Å². The molecule has 1 atom stereocenters. The SMILES string of the molecule is CC(=O)Nc1ccc(C(=O)N2CCCC(Oc3ccncc3Cl)C2)cc1. The van der Waals surface area contributed by atoms with Crippen LogP contribution in [0.5, 0.6) is 5.75 Å². The number of likely N-dealkylation sites (tertiary alicyclic amines) is 1. The molecule has 0 bridgehead atoms. The van der Waals surface area contributed by atoms with E-state index in [1.807, 2.05) is 0 Å². The first-order valence-electron chi connectivity index (χ1n) is 8.46. The van der Waals surface area contributed by atoms with Gasteiger partial charge in [-0.1, -0.05) is 11.6 Å². The molecule has 1 aromatic carbocycles. The predicted octanol–water partition coefficient (Wildman–Crippen LogP) is 3.38. The van der Waals surface area contributed by atoms with Crippen molar-refractivity contribution in [2.75, 3.05) is 18.4 Å². The van der Waals surface area contributed by atoms with Crippen LogP contribution in [0, 0.1) is 0 Å². The summed E-state index contributed by atoms with van der Waals surface area (Å²) >= 11 is 6.09. The van der Waals surface area contributed by atoms with Gasteiger partial charge in [-0.15, -0.1) is 0 Å². The van der Waals surface area contributed by atoms with Gasteiger partial charge in [0.05, 0.1) is 6.54 Å². The Hall–Kier alpha value is -2.60. The Morgan fingerprint density at radius 3 is 2.73 bits per heavy atom. The number of carbonyl (C=O) groups is 2. The highest BCUT2D eigenvalue weighted by atomic mass is 35.5. The Bertz CT molecular complexity index is 795. The predicted molar refractivity (Wildman–Crippen MR) is 99.5 cm³/mol. The second kappa shape index (κ2) is 8.19. The second-order valence-corrected chi connectivity index (χ2v) is 6.61. The average molecular weight is 374 g/mol. The molecule has 1 aliphatic rings. The van der Waals surface area contributed by atoms with Crippen molar-refractivity contribution in [3.05, 3.63) is 53.3 Å². The number of nitrogens with zero attached hydrogens (tertiary/aromatic N) is 2. The molecule has 6 nitrogen and oxygen atoms in total. The van der Waals surface area contributed by atoms with Crippen molar-refractivity contribution < 1.29 is 14.3 Å². The fourth-order valence-corrected chi connectivity index (χ4v) is 3.10. The molecule has 1 aliphatic heterocycles. The van der Waals surface area contributed by atoms with E-state index >= 15 is 0 Å². The fourth-order valence-electron chi connectivity index (χ4n) is 2.94. The zero-order chi connectivity index (χ0) is 18.5. The highest BCUT2D eigenvalue weighted by Crippen LogP contribution is 2.26. The average Bonchev–Trinajstić information content (AvgIpc) is 2.63. The molecular formula is C19H20ClN3O3. The molecule has 26 heavy (non-hydrogen) atoms. The van der Waals surface area contributed by atoms with E-state index in [2.05, 4.69) is 10.3 Å². The van der Waals surface area contributed by atoms with Crippen LogP contribution >= 0.6 is 11.6 Å². The van der Waals surface area contributed by atoms with Crippen LogP contribution in [0.4, 0.5) is 5.69 Å². The standard InChI is InChI=1S/C19H20ClN3O3/c1-13(24)22-15-6-4-14(5-7-15)19(25)23-10-2-3-16(12-23)26-18-8-9-21-11-17(18)20/h4-9,11,16H,2-3,10,12H2,1H3,(H,22,24). The molecule has 2 aromatic rings. The molecule has 1 saturated heterocycles. The van der Waals surface area contributed by atoms with E-state index in [0.29, 0.717) is 35.1 Å². The normalized spacial score (nSPS) is 16.8. The number of ether oxygens (including phenoxy) is 1. The van der Waals surface area contributed by atoms with Crippen LogP contribution in [0.25, 0.3) is 0 Å². The molecule has 136 valence electrons. The van der Waals surface area contributed by atoms with Gasteiger partial charge in [0.2, 0.25) is 5.91 Å². The molecule has 2 heterocycles. The number of hydrogen-bond acceptors (Lipinski definition) is 4.